The highest BCUT2D eigenvalue weighted by molar-refractivity contribution is 6.00. The first-order valence-corrected chi connectivity index (χ1v) is 8.12. The van der Waals surface area contributed by atoms with Crippen molar-refractivity contribution in [2.24, 2.45) is 0 Å². The molecule has 26 heavy (non-hydrogen) atoms. The lowest BCUT2D eigenvalue weighted by atomic mass is 10.1. The zero-order valence-electron chi connectivity index (χ0n) is 14.1. The summed E-state index contributed by atoms with van der Waals surface area (Å²) in [7, 11) is 0. The van der Waals surface area contributed by atoms with Crippen molar-refractivity contribution in [3.63, 3.8) is 0 Å². The average molecular weight is 349 g/mol. The Kier molecular flexibility index (Phi) is 5.09. The van der Waals surface area contributed by atoms with E-state index in [9.17, 15) is 9.18 Å². The number of hydrogen-bond acceptors (Lipinski definition) is 4. The molecule has 0 atom stereocenters. The van der Waals surface area contributed by atoms with Gasteiger partial charge in [0.15, 0.2) is 5.76 Å². The number of hydrogen-bond donors (Lipinski definition) is 0. The molecule has 3 aromatic rings. The van der Waals surface area contributed by atoms with Crippen LogP contribution in [0.5, 0.6) is 0 Å². The Morgan fingerprint density at radius 1 is 1.19 bits per heavy atom. The molecule has 0 saturated carbocycles. The van der Waals surface area contributed by atoms with Crippen molar-refractivity contribution in [3.05, 3.63) is 66.1 Å². The first-order chi connectivity index (χ1) is 12.7. The molecule has 0 fully saturated rings. The van der Waals surface area contributed by atoms with E-state index in [1.165, 1.54) is 17.2 Å². The zero-order chi connectivity index (χ0) is 18.5. The largest absolute Gasteiger partial charge is 0.436 e. The van der Waals surface area contributed by atoms with Crippen molar-refractivity contribution < 1.29 is 13.6 Å². The number of carbonyl (C=O) groups excluding carboxylic acids is 1. The number of nitriles is 1. The van der Waals surface area contributed by atoms with Crippen molar-refractivity contribution in [3.8, 4) is 28.8 Å². The van der Waals surface area contributed by atoms with Crippen LogP contribution < -0.4 is 0 Å². The zero-order valence-corrected chi connectivity index (χ0v) is 14.1. The van der Waals surface area contributed by atoms with Crippen LogP contribution in [0.1, 0.15) is 17.3 Å². The van der Waals surface area contributed by atoms with Gasteiger partial charge in [0.1, 0.15) is 12.4 Å². The van der Waals surface area contributed by atoms with Crippen LogP contribution in [-0.2, 0) is 0 Å². The molecule has 130 valence electrons. The van der Waals surface area contributed by atoms with Crippen molar-refractivity contribution in [2.45, 2.75) is 6.92 Å². The second kappa shape index (κ2) is 7.62. The van der Waals surface area contributed by atoms with Crippen molar-refractivity contribution in [2.75, 3.05) is 13.1 Å². The van der Waals surface area contributed by atoms with Crippen LogP contribution in [0.4, 0.5) is 4.39 Å². The van der Waals surface area contributed by atoms with Gasteiger partial charge in [0.2, 0.25) is 5.89 Å². The van der Waals surface area contributed by atoms with E-state index in [1.54, 1.807) is 49.4 Å². The minimum Gasteiger partial charge on any atom is -0.436 e. The molecule has 3 rings (SSSR count). The molecule has 0 unspecified atom stereocenters. The van der Waals surface area contributed by atoms with E-state index in [0.29, 0.717) is 23.2 Å². The van der Waals surface area contributed by atoms with E-state index in [1.807, 2.05) is 6.07 Å². The third-order valence-electron chi connectivity index (χ3n) is 3.96. The molecule has 0 saturated heterocycles. The Balaban J connectivity index is 2.01. The minimum atomic E-state index is -0.411. The lowest BCUT2D eigenvalue weighted by Gasteiger charge is -2.18. The molecular formula is C20H16FN3O2. The number of oxazole rings is 1. The highest BCUT2D eigenvalue weighted by atomic mass is 19.1. The quantitative estimate of drug-likeness (QED) is 0.649. The Morgan fingerprint density at radius 3 is 2.58 bits per heavy atom. The van der Waals surface area contributed by atoms with Gasteiger partial charge >= 0.3 is 0 Å². The molecule has 5 nitrogen and oxygen atoms in total. The summed E-state index contributed by atoms with van der Waals surface area (Å²) >= 11 is 0. The minimum absolute atomic E-state index is 0.00424. The van der Waals surface area contributed by atoms with Gasteiger partial charge in [-0.05, 0) is 31.2 Å². The van der Waals surface area contributed by atoms with Gasteiger partial charge in [-0.25, -0.2) is 9.37 Å². The Morgan fingerprint density at radius 2 is 1.88 bits per heavy atom. The van der Waals surface area contributed by atoms with Gasteiger partial charge in [0.05, 0.1) is 23.4 Å². The highest BCUT2D eigenvalue weighted by Gasteiger charge is 2.21. The van der Waals surface area contributed by atoms with Gasteiger partial charge in [-0.15, -0.1) is 0 Å². The smallest absolute Gasteiger partial charge is 0.255 e. The number of amides is 1. The third-order valence-corrected chi connectivity index (χ3v) is 3.96. The predicted molar refractivity (Wildman–Crippen MR) is 94.5 cm³/mol. The Labute approximate surface area is 150 Å². The van der Waals surface area contributed by atoms with Crippen molar-refractivity contribution in [1.29, 1.82) is 5.26 Å². The molecule has 0 bridgehead atoms. The van der Waals surface area contributed by atoms with Crippen LogP contribution in [0.25, 0.3) is 22.8 Å². The number of rotatable bonds is 5. The normalized spacial score (nSPS) is 10.3. The van der Waals surface area contributed by atoms with Crippen LogP contribution in [0.15, 0.2) is 59.1 Å². The first-order valence-electron chi connectivity index (χ1n) is 8.12. The number of nitrogens with zero attached hydrogens (tertiary/aromatic N) is 3. The summed E-state index contributed by atoms with van der Waals surface area (Å²) in [6.07, 6.45) is 1.43. The van der Waals surface area contributed by atoms with E-state index in [-0.39, 0.29) is 24.1 Å². The molecule has 1 amide bonds. The van der Waals surface area contributed by atoms with Gasteiger partial charge in [-0.3, -0.25) is 4.79 Å². The molecule has 1 aromatic heterocycles. The van der Waals surface area contributed by atoms with Gasteiger partial charge in [0, 0.05) is 12.1 Å². The summed E-state index contributed by atoms with van der Waals surface area (Å²) < 4.78 is 19.7. The van der Waals surface area contributed by atoms with E-state index >= 15 is 0 Å². The second-order valence-corrected chi connectivity index (χ2v) is 5.53. The molecular weight excluding hydrogens is 333 g/mol. The maximum Gasteiger partial charge on any atom is 0.255 e. The SMILES string of the molecule is CCN(CC#N)C(=O)c1ccccc1-c1ncc(-c2ccccc2F)o1. The fraction of sp³-hybridized carbons (Fsp3) is 0.150. The summed E-state index contributed by atoms with van der Waals surface area (Å²) in [5.41, 5.74) is 1.18. The van der Waals surface area contributed by atoms with Gasteiger partial charge < -0.3 is 9.32 Å². The third kappa shape index (κ3) is 3.33. The standard InChI is InChI=1S/C20H16FN3O2/c1-2-24(12-11-22)20(25)15-8-4-3-7-14(15)19-23-13-18(26-19)16-9-5-6-10-17(16)21/h3-10,13H,2,12H2,1H3. The number of halogens is 1. The lowest BCUT2D eigenvalue weighted by Crippen LogP contribution is -2.31. The molecule has 0 N–H and O–H groups in total. The van der Waals surface area contributed by atoms with Crippen LogP contribution in [0.2, 0.25) is 0 Å². The number of benzene rings is 2. The lowest BCUT2D eigenvalue weighted by molar-refractivity contribution is 0.0784. The summed E-state index contributed by atoms with van der Waals surface area (Å²) in [4.78, 5) is 18.4. The fourth-order valence-electron chi connectivity index (χ4n) is 2.62. The topological polar surface area (TPSA) is 70.1 Å². The van der Waals surface area contributed by atoms with Crippen LogP contribution in [0, 0.1) is 17.1 Å². The Hall–Kier alpha value is -3.46. The van der Waals surface area contributed by atoms with Crippen LogP contribution in [0.3, 0.4) is 0 Å². The maximum atomic E-state index is 14.0. The van der Waals surface area contributed by atoms with Gasteiger partial charge in [0.25, 0.3) is 5.91 Å². The molecule has 0 aliphatic carbocycles. The molecule has 0 spiro atoms. The second-order valence-electron chi connectivity index (χ2n) is 5.53. The Bertz CT molecular complexity index is 975. The van der Waals surface area contributed by atoms with Crippen LogP contribution in [-0.4, -0.2) is 28.9 Å². The highest BCUT2D eigenvalue weighted by Crippen LogP contribution is 2.30. The summed E-state index contributed by atoms with van der Waals surface area (Å²) in [5, 5.41) is 8.90. The fourth-order valence-corrected chi connectivity index (χ4v) is 2.62. The number of carbonyl (C=O) groups is 1. The average Bonchev–Trinajstić information content (AvgIpc) is 3.15. The van der Waals surface area contributed by atoms with Gasteiger partial charge in [-0.2, -0.15) is 5.26 Å². The molecule has 6 heteroatoms. The monoisotopic (exact) mass is 349 g/mol. The van der Waals surface area contributed by atoms with E-state index in [0.717, 1.165) is 0 Å². The molecule has 1 heterocycles. The maximum absolute atomic E-state index is 14.0. The summed E-state index contributed by atoms with van der Waals surface area (Å²) in [6, 6.07) is 15.1. The molecule has 2 aromatic carbocycles. The van der Waals surface area contributed by atoms with E-state index < -0.39 is 5.82 Å². The molecule has 0 aliphatic heterocycles. The van der Waals surface area contributed by atoms with Crippen molar-refractivity contribution in [1.82, 2.24) is 9.88 Å². The van der Waals surface area contributed by atoms with E-state index in [2.05, 4.69) is 4.98 Å². The number of aromatic nitrogens is 1. The molecule has 0 aliphatic rings. The van der Waals surface area contributed by atoms with Gasteiger partial charge in [-0.1, -0.05) is 24.3 Å². The predicted octanol–water partition coefficient (Wildman–Crippen LogP) is 4.13. The van der Waals surface area contributed by atoms with Crippen molar-refractivity contribution >= 4 is 5.91 Å². The van der Waals surface area contributed by atoms with E-state index in [4.69, 9.17) is 9.68 Å². The first kappa shape index (κ1) is 17.4. The summed E-state index contributed by atoms with van der Waals surface area (Å²) in [5.74, 6) is -0.189. The summed E-state index contributed by atoms with van der Waals surface area (Å²) in [6.45, 7) is 2.21. The molecule has 0 radical (unpaired) electrons. The van der Waals surface area contributed by atoms with Crippen LogP contribution >= 0.6 is 0 Å².